The topological polar surface area (TPSA) is 34.1 Å². The van der Waals surface area contributed by atoms with Gasteiger partial charge in [0.05, 0.1) is 11.8 Å². The third-order valence-electron chi connectivity index (χ3n) is 2.64. The van der Waals surface area contributed by atoms with Crippen molar-refractivity contribution in [3.05, 3.63) is 23.9 Å². The number of nitrogens with zero attached hydrogens (tertiary/aromatic N) is 1. The van der Waals surface area contributed by atoms with E-state index >= 15 is 0 Å². The maximum atomic E-state index is 5.58. The molecule has 88 valence electrons. The van der Waals surface area contributed by atoms with Gasteiger partial charge < -0.3 is 10.1 Å². The summed E-state index contributed by atoms with van der Waals surface area (Å²) in [4.78, 5) is 4.48. The molecule has 3 nitrogen and oxygen atoms in total. The van der Waals surface area contributed by atoms with E-state index in [4.69, 9.17) is 4.74 Å². The molecule has 1 aliphatic heterocycles. The molecule has 1 atom stereocenters. The van der Waals surface area contributed by atoms with Crippen LogP contribution in [0.15, 0.2) is 18.2 Å². The van der Waals surface area contributed by atoms with Gasteiger partial charge in [-0.1, -0.05) is 6.07 Å². The van der Waals surface area contributed by atoms with Gasteiger partial charge in [0.25, 0.3) is 0 Å². The molecule has 0 aromatic carbocycles. The van der Waals surface area contributed by atoms with Gasteiger partial charge in [0.1, 0.15) is 5.82 Å². The summed E-state index contributed by atoms with van der Waals surface area (Å²) in [7, 11) is 1.89. The number of aromatic nitrogens is 1. The number of thioether (sulfide) groups is 1. The van der Waals surface area contributed by atoms with Gasteiger partial charge in [-0.2, -0.15) is 11.8 Å². The number of ether oxygens (including phenoxy) is 1. The lowest BCUT2D eigenvalue weighted by atomic mass is 10.3. The highest BCUT2D eigenvalue weighted by molar-refractivity contribution is 7.98. The molecule has 16 heavy (non-hydrogen) atoms. The number of pyridine rings is 1. The molecule has 0 saturated carbocycles. The second-order valence-electron chi connectivity index (χ2n) is 3.91. The highest BCUT2D eigenvalue weighted by Crippen LogP contribution is 2.19. The van der Waals surface area contributed by atoms with E-state index in [1.165, 1.54) is 12.8 Å². The summed E-state index contributed by atoms with van der Waals surface area (Å²) in [6.07, 6.45) is 2.91. The summed E-state index contributed by atoms with van der Waals surface area (Å²) in [6, 6.07) is 6.10. The number of rotatable bonds is 5. The Morgan fingerprint density at radius 1 is 1.56 bits per heavy atom. The van der Waals surface area contributed by atoms with Crippen molar-refractivity contribution in [2.24, 2.45) is 0 Å². The highest BCUT2D eigenvalue weighted by atomic mass is 32.2. The van der Waals surface area contributed by atoms with Crippen molar-refractivity contribution in [3.63, 3.8) is 0 Å². The summed E-state index contributed by atoms with van der Waals surface area (Å²) >= 11 is 1.91. The molecule has 0 amide bonds. The number of nitrogens with one attached hydrogen (secondary N) is 1. The third-order valence-corrected chi connectivity index (χ3v) is 3.75. The molecule has 1 saturated heterocycles. The molecule has 2 heterocycles. The zero-order valence-electron chi connectivity index (χ0n) is 9.61. The van der Waals surface area contributed by atoms with Crippen LogP contribution in [0, 0.1) is 0 Å². The maximum absolute atomic E-state index is 5.58. The molecule has 1 aromatic heterocycles. The Morgan fingerprint density at radius 2 is 2.50 bits per heavy atom. The summed E-state index contributed by atoms with van der Waals surface area (Å²) < 4.78 is 5.58. The first-order valence-corrected chi connectivity index (χ1v) is 6.87. The lowest BCUT2D eigenvalue weighted by molar-refractivity contribution is 0.129. The van der Waals surface area contributed by atoms with E-state index < -0.39 is 0 Å². The second kappa shape index (κ2) is 6.11. The first kappa shape index (κ1) is 11.7. The molecular weight excluding hydrogens is 220 g/mol. The molecule has 2 rings (SSSR count). The molecule has 0 radical (unpaired) electrons. The Kier molecular flexibility index (Phi) is 4.48. The average molecular weight is 238 g/mol. The van der Waals surface area contributed by atoms with Gasteiger partial charge in [0.2, 0.25) is 0 Å². The van der Waals surface area contributed by atoms with E-state index in [0.717, 1.165) is 29.6 Å². The molecular formula is C12H18N2OS. The predicted molar refractivity (Wildman–Crippen MR) is 68.9 cm³/mol. The van der Waals surface area contributed by atoms with Crippen LogP contribution in [0.4, 0.5) is 5.82 Å². The van der Waals surface area contributed by atoms with Gasteiger partial charge in [0.15, 0.2) is 0 Å². The Morgan fingerprint density at radius 3 is 3.25 bits per heavy atom. The van der Waals surface area contributed by atoms with Gasteiger partial charge in [-0.05, 0) is 25.0 Å². The average Bonchev–Trinajstić information content (AvgIpc) is 2.82. The van der Waals surface area contributed by atoms with E-state index in [-0.39, 0.29) is 0 Å². The van der Waals surface area contributed by atoms with Crippen molar-refractivity contribution in [1.29, 1.82) is 0 Å². The monoisotopic (exact) mass is 238 g/mol. The number of hydrogen-bond donors (Lipinski definition) is 1. The SMILES string of the molecule is CNc1cccc(CSCC2CCCO2)n1. The normalized spacial score (nSPS) is 19.9. The van der Waals surface area contributed by atoms with Gasteiger partial charge in [0, 0.05) is 25.2 Å². The summed E-state index contributed by atoms with van der Waals surface area (Å²) in [5, 5.41) is 3.05. The first-order valence-electron chi connectivity index (χ1n) is 5.71. The Labute approximate surface area is 101 Å². The van der Waals surface area contributed by atoms with Crippen LogP contribution in [-0.4, -0.2) is 30.5 Å². The molecule has 0 bridgehead atoms. The zero-order valence-corrected chi connectivity index (χ0v) is 10.4. The van der Waals surface area contributed by atoms with Crippen LogP contribution < -0.4 is 5.32 Å². The Bertz CT molecular complexity index is 327. The summed E-state index contributed by atoms with van der Waals surface area (Å²) in [6.45, 7) is 0.943. The molecule has 0 spiro atoms. The molecule has 1 aliphatic rings. The molecule has 4 heteroatoms. The van der Waals surface area contributed by atoms with Crippen LogP contribution in [0.3, 0.4) is 0 Å². The van der Waals surface area contributed by atoms with E-state index in [1.54, 1.807) is 0 Å². The van der Waals surface area contributed by atoms with Crippen molar-refractivity contribution in [2.75, 3.05) is 24.7 Å². The minimum absolute atomic E-state index is 0.470. The van der Waals surface area contributed by atoms with Crippen molar-refractivity contribution < 1.29 is 4.74 Å². The Balaban J connectivity index is 1.75. The van der Waals surface area contributed by atoms with E-state index in [0.29, 0.717) is 6.10 Å². The lowest BCUT2D eigenvalue weighted by Gasteiger charge is -2.08. The van der Waals surface area contributed by atoms with Crippen LogP contribution in [0.1, 0.15) is 18.5 Å². The fourth-order valence-electron chi connectivity index (χ4n) is 1.77. The van der Waals surface area contributed by atoms with Gasteiger partial charge in [-0.15, -0.1) is 0 Å². The van der Waals surface area contributed by atoms with E-state index in [2.05, 4.69) is 16.4 Å². The fraction of sp³-hybridized carbons (Fsp3) is 0.583. The van der Waals surface area contributed by atoms with Crippen molar-refractivity contribution in [2.45, 2.75) is 24.7 Å². The molecule has 1 N–H and O–H groups in total. The van der Waals surface area contributed by atoms with Crippen LogP contribution in [0.25, 0.3) is 0 Å². The van der Waals surface area contributed by atoms with Gasteiger partial charge >= 0.3 is 0 Å². The molecule has 0 aliphatic carbocycles. The maximum Gasteiger partial charge on any atom is 0.125 e. The molecule has 1 aromatic rings. The number of anilines is 1. The van der Waals surface area contributed by atoms with Crippen LogP contribution in [0.5, 0.6) is 0 Å². The van der Waals surface area contributed by atoms with Crippen LogP contribution in [0.2, 0.25) is 0 Å². The van der Waals surface area contributed by atoms with E-state index in [9.17, 15) is 0 Å². The zero-order chi connectivity index (χ0) is 11.2. The lowest BCUT2D eigenvalue weighted by Crippen LogP contribution is -2.08. The van der Waals surface area contributed by atoms with Crippen molar-refractivity contribution >= 4 is 17.6 Å². The van der Waals surface area contributed by atoms with Crippen molar-refractivity contribution in [1.82, 2.24) is 4.98 Å². The highest BCUT2D eigenvalue weighted by Gasteiger charge is 2.14. The van der Waals surface area contributed by atoms with Crippen molar-refractivity contribution in [3.8, 4) is 0 Å². The van der Waals surface area contributed by atoms with Crippen LogP contribution >= 0.6 is 11.8 Å². The minimum atomic E-state index is 0.470. The fourth-order valence-corrected chi connectivity index (χ4v) is 2.78. The molecule has 1 unspecified atom stereocenters. The van der Waals surface area contributed by atoms with Gasteiger partial charge in [-0.25, -0.2) is 4.98 Å². The predicted octanol–water partition coefficient (Wildman–Crippen LogP) is 2.54. The smallest absolute Gasteiger partial charge is 0.125 e. The minimum Gasteiger partial charge on any atom is -0.377 e. The first-order chi connectivity index (χ1) is 7.88. The quantitative estimate of drug-likeness (QED) is 0.855. The number of hydrogen-bond acceptors (Lipinski definition) is 4. The molecule has 1 fully saturated rings. The largest absolute Gasteiger partial charge is 0.377 e. The van der Waals surface area contributed by atoms with E-state index in [1.807, 2.05) is 30.9 Å². The third kappa shape index (κ3) is 3.39. The summed E-state index contributed by atoms with van der Waals surface area (Å²) in [5.74, 6) is 3.00. The van der Waals surface area contributed by atoms with Gasteiger partial charge in [-0.3, -0.25) is 0 Å². The second-order valence-corrected chi connectivity index (χ2v) is 4.94. The standard InChI is InChI=1S/C12H18N2OS/c1-13-12-6-2-4-10(14-12)8-16-9-11-5-3-7-15-11/h2,4,6,11H,3,5,7-9H2,1H3,(H,13,14). The van der Waals surface area contributed by atoms with Crippen LogP contribution in [-0.2, 0) is 10.5 Å². The Hall–Kier alpha value is -0.740. The summed E-state index contributed by atoms with van der Waals surface area (Å²) in [5.41, 5.74) is 1.13.